The summed E-state index contributed by atoms with van der Waals surface area (Å²) in [5.74, 6) is 0.794. The predicted octanol–water partition coefficient (Wildman–Crippen LogP) is 1.66. The summed E-state index contributed by atoms with van der Waals surface area (Å²) < 4.78 is 27.0. The molecule has 2 fully saturated rings. The van der Waals surface area contributed by atoms with Crippen molar-refractivity contribution in [2.45, 2.75) is 30.7 Å². The van der Waals surface area contributed by atoms with Crippen LogP contribution in [-0.4, -0.2) is 49.8 Å². The van der Waals surface area contributed by atoms with Gasteiger partial charge in [-0.2, -0.15) is 9.57 Å². The van der Waals surface area contributed by atoms with Crippen molar-refractivity contribution in [1.82, 2.24) is 9.21 Å². The first-order valence-corrected chi connectivity index (χ1v) is 9.21. The molecule has 1 aromatic carbocycles. The van der Waals surface area contributed by atoms with Gasteiger partial charge in [0, 0.05) is 32.2 Å². The molecule has 0 bridgehead atoms. The van der Waals surface area contributed by atoms with Crippen LogP contribution in [0.5, 0.6) is 0 Å². The summed E-state index contributed by atoms with van der Waals surface area (Å²) in [6, 6.07) is 8.95. The van der Waals surface area contributed by atoms with Crippen molar-refractivity contribution >= 4 is 10.0 Å². The maximum Gasteiger partial charge on any atom is 0.244 e. The Hall–Kier alpha value is -1.42. The highest BCUT2D eigenvalue weighted by Crippen LogP contribution is 2.35. The van der Waals surface area contributed by atoms with Crippen LogP contribution in [0.15, 0.2) is 29.2 Å². The van der Waals surface area contributed by atoms with Crippen LogP contribution in [-0.2, 0) is 10.0 Å². The largest absolute Gasteiger partial charge is 0.298 e. The Balaban J connectivity index is 1.73. The zero-order valence-corrected chi connectivity index (χ0v) is 13.6. The van der Waals surface area contributed by atoms with Crippen molar-refractivity contribution in [3.8, 4) is 6.07 Å². The van der Waals surface area contributed by atoms with Crippen LogP contribution in [0, 0.1) is 17.2 Å². The third-order valence-electron chi connectivity index (χ3n) is 4.78. The monoisotopic (exact) mass is 319 g/mol. The fraction of sp³-hybridized carbons (Fsp3) is 0.562. The van der Waals surface area contributed by atoms with Gasteiger partial charge in [0.15, 0.2) is 0 Å². The van der Waals surface area contributed by atoms with Crippen molar-refractivity contribution < 1.29 is 8.42 Å². The Kier molecular flexibility index (Phi) is 4.22. The molecule has 2 aliphatic rings. The molecule has 1 aliphatic carbocycles. The quantitative estimate of drug-likeness (QED) is 0.847. The lowest BCUT2D eigenvalue weighted by Crippen LogP contribution is -2.51. The Bertz CT molecular complexity index is 684. The molecule has 5 nitrogen and oxygen atoms in total. The summed E-state index contributed by atoms with van der Waals surface area (Å²) in [5, 5.41) is 9.12. The zero-order valence-electron chi connectivity index (χ0n) is 12.8. The topological polar surface area (TPSA) is 64.4 Å². The SMILES string of the molecule is CC(C1CC1)N1CCN(S(=O)(=O)c2ccccc2C#N)CC1. The highest BCUT2D eigenvalue weighted by Gasteiger charge is 2.36. The molecule has 1 atom stereocenters. The number of hydrogen-bond acceptors (Lipinski definition) is 4. The van der Waals surface area contributed by atoms with Gasteiger partial charge in [-0.05, 0) is 37.8 Å². The van der Waals surface area contributed by atoms with E-state index in [4.69, 9.17) is 5.26 Å². The van der Waals surface area contributed by atoms with Crippen molar-refractivity contribution in [1.29, 1.82) is 5.26 Å². The lowest BCUT2D eigenvalue weighted by atomic mass is 10.1. The average molecular weight is 319 g/mol. The Morgan fingerprint density at radius 1 is 1.18 bits per heavy atom. The summed E-state index contributed by atoms with van der Waals surface area (Å²) in [4.78, 5) is 2.51. The smallest absolute Gasteiger partial charge is 0.244 e. The van der Waals surface area contributed by atoms with E-state index in [9.17, 15) is 8.42 Å². The molecule has 1 aliphatic heterocycles. The van der Waals surface area contributed by atoms with E-state index in [0.29, 0.717) is 19.1 Å². The third kappa shape index (κ3) is 2.89. The molecule has 3 rings (SSSR count). The van der Waals surface area contributed by atoms with Crippen LogP contribution in [0.25, 0.3) is 0 Å². The molecule has 0 spiro atoms. The number of nitriles is 1. The molecule has 6 heteroatoms. The maximum atomic E-state index is 12.7. The molecule has 0 aromatic heterocycles. The average Bonchev–Trinajstić information content (AvgIpc) is 3.39. The van der Waals surface area contributed by atoms with Crippen LogP contribution in [0.3, 0.4) is 0 Å². The molecule has 1 unspecified atom stereocenters. The Morgan fingerprint density at radius 2 is 1.82 bits per heavy atom. The number of nitrogens with zero attached hydrogens (tertiary/aromatic N) is 3. The zero-order chi connectivity index (χ0) is 15.7. The van der Waals surface area contributed by atoms with Gasteiger partial charge in [0.2, 0.25) is 10.0 Å². The number of sulfonamides is 1. The van der Waals surface area contributed by atoms with Crippen LogP contribution in [0.2, 0.25) is 0 Å². The minimum absolute atomic E-state index is 0.126. The molecule has 0 N–H and O–H groups in total. The summed E-state index contributed by atoms with van der Waals surface area (Å²) >= 11 is 0. The van der Waals surface area contributed by atoms with Gasteiger partial charge in [0.25, 0.3) is 0 Å². The van der Waals surface area contributed by atoms with Crippen LogP contribution in [0.1, 0.15) is 25.3 Å². The molecule has 0 amide bonds. The standard InChI is InChI=1S/C16H21N3O2S/c1-13(14-6-7-14)18-8-10-19(11-9-18)22(20,21)16-5-3-2-4-15(16)12-17/h2-5,13-14H,6-11H2,1H3. The van der Waals surface area contributed by atoms with Gasteiger partial charge in [-0.25, -0.2) is 8.42 Å². The molecule has 1 heterocycles. The molecule has 0 radical (unpaired) electrons. The molecule has 1 saturated heterocycles. The normalized spacial score (nSPS) is 22.2. The van der Waals surface area contributed by atoms with Crippen molar-refractivity contribution in [2.24, 2.45) is 5.92 Å². The van der Waals surface area contributed by atoms with E-state index in [1.807, 2.05) is 6.07 Å². The van der Waals surface area contributed by atoms with E-state index in [-0.39, 0.29) is 10.5 Å². The Morgan fingerprint density at radius 3 is 2.41 bits per heavy atom. The van der Waals surface area contributed by atoms with Gasteiger partial charge in [-0.3, -0.25) is 4.90 Å². The van der Waals surface area contributed by atoms with E-state index >= 15 is 0 Å². The third-order valence-corrected chi connectivity index (χ3v) is 6.74. The van der Waals surface area contributed by atoms with Gasteiger partial charge in [-0.1, -0.05) is 12.1 Å². The summed E-state index contributed by atoms with van der Waals surface area (Å²) in [6.45, 7) is 4.78. The lowest BCUT2D eigenvalue weighted by molar-refractivity contribution is 0.133. The number of benzene rings is 1. The number of hydrogen-bond donors (Lipinski definition) is 0. The van der Waals surface area contributed by atoms with Crippen molar-refractivity contribution in [3.63, 3.8) is 0 Å². The lowest BCUT2D eigenvalue weighted by Gasteiger charge is -2.37. The summed E-state index contributed by atoms with van der Waals surface area (Å²) in [5.41, 5.74) is 0.219. The van der Waals surface area contributed by atoms with E-state index in [0.717, 1.165) is 19.0 Å². The van der Waals surface area contributed by atoms with Crippen molar-refractivity contribution in [2.75, 3.05) is 26.2 Å². The van der Waals surface area contributed by atoms with Crippen LogP contribution in [0.4, 0.5) is 0 Å². The van der Waals surface area contributed by atoms with Crippen LogP contribution < -0.4 is 0 Å². The second-order valence-corrected chi connectivity index (χ2v) is 8.03. The molecular formula is C16H21N3O2S. The fourth-order valence-electron chi connectivity index (χ4n) is 3.15. The minimum Gasteiger partial charge on any atom is -0.298 e. The first kappa shape index (κ1) is 15.5. The van der Waals surface area contributed by atoms with E-state index in [1.54, 1.807) is 18.2 Å². The second-order valence-electron chi connectivity index (χ2n) is 6.13. The highest BCUT2D eigenvalue weighted by atomic mass is 32.2. The van der Waals surface area contributed by atoms with E-state index < -0.39 is 10.0 Å². The maximum absolute atomic E-state index is 12.7. The number of piperazine rings is 1. The Labute approximate surface area is 132 Å². The highest BCUT2D eigenvalue weighted by molar-refractivity contribution is 7.89. The molecule has 1 aromatic rings. The molecule has 118 valence electrons. The van der Waals surface area contributed by atoms with Gasteiger partial charge in [-0.15, -0.1) is 0 Å². The van der Waals surface area contributed by atoms with Gasteiger partial charge in [0.1, 0.15) is 6.07 Å². The fourth-order valence-corrected chi connectivity index (χ4v) is 4.72. The van der Waals surface area contributed by atoms with Crippen molar-refractivity contribution in [3.05, 3.63) is 29.8 Å². The molecule has 1 saturated carbocycles. The van der Waals surface area contributed by atoms with E-state index in [2.05, 4.69) is 11.8 Å². The van der Waals surface area contributed by atoms with Crippen LogP contribution >= 0.6 is 0 Å². The first-order chi connectivity index (χ1) is 10.5. The minimum atomic E-state index is -3.57. The van der Waals surface area contributed by atoms with Gasteiger partial charge in [0.05, 0.1) is 10.5 Å². The summed E-state index contributed by atoms with van der Waals surface area (Å²) in [7, 11) is -3.57. The summed E-state index contributed by atoms with van der Waals surface area (Å²) in [6.07, 6.45) is 2.60. The second kappa shape index (κ2) is 5.99. The van der Waals surface area contributed by atoms with E-state index in [1.165, 1.54) is 23.2 Å². The molecular weight excluding hydrogens is 298 g/mol. The van der Waals surface area contributed by atoms with Gasteiger partial charge >= 0.3 is 0 Å². The number of rotatable bonds is 4. The van der Waals surface area contributed by atoms with Gasteiger partial charge < -0.3 is 0 Å². The first-order valence-electron chi connectivity index (χ1n) is 7.77. The molecule has 22 heavy (non-hydrogen) atoms. The predicted molar refractivity (Wildman–Crippen MR) is 83.7 cm³/mol.